The molecule has 0 atom stereocenters. The maximum Gasteiger partial charge on any atom is 0.143 e. The Morgan fingerprint density at radius 1 is 1.33 bits per heavy atom. The molecule has 9 heavy (non-hydrogen) atoms. The van der Waals surface area contributed by atoms with Gasteiger partial charge in [-0.2, -0.15) is 0 Å². The molecule has 0 aromatic rings. The van der Waals surface area contributed by atoms with E-state index in [0.29, 0.717) is 13.2 Å². The lowest BCUT2D eigenvalue weighted by Gasteiger charge is -1.91. The molecule has 1 N–H and O–H groups in total. The van der Waals surface area contributed by atoms with Crippen LogP contribution in [0.1, 0.15) is 0 Å². The van der Waals surface area contributed by atoms with Crippen LogP contribution in [0.4, 0.5) is 0 Å². The molecule has 0 heterocycles. The Hall–Kier alpha value is -0.380. The summed E-state index contributed by atoms with van der Waals surface area (Å²) in [5.41, 5.74) is 0. The maximum absolute atomic E-state index is 8.14. The highest BCUT2D eigenvalue weighted by molar-refractivity contribution is 4.80. The van der Waals surface area contributed by atoms with Crippen LogP contribution in [0.15, 0.2) is 12.2 Å². The van der Waals surface area contributed by atoms with Crippen LogP contribution in [0.25, 0.3) is 0 Å². The number of methoxy groups -OCH3 is 1. The maximum atomic E-state index is 8.14. The zero-order chi connectivity index (χ0) is 6.95. The molecule has 0 aliphatic heterocycles. The van der Waals surface area contributed by atoms with Gasteiger partial charge in [0.15, 0.2) is 0 Å². The molecule has 3 heteroatoms. The first kappa shape index (κ1) is 8.62. The Morgan fingerprint density at radius 2 is 2.00 bits per heavy atom. The predicted octanol–water partition coefficient (Wildman–Crippen LogP) is 0.155. The molecule has 0 fully saturated rings. The van der Waals surface area contributed by atoms with Crippen LogP contribution < -0.4 is 0 Å². The Kier molecular flexibility index (Phi) is 7.30. The Bertz CT molecular complexity index is 70.7. The first-order chi connectivity index (χ1) is 4.41. The van der Waals surface area contributed by atoms with Crippen molar-refractivity contribution in [3.8, 4) is 0 Å². The van der Waals surface area contributed by atoms with Crippen molar-refractivity contribution >= 4 is 0 Å². The van der Waals surface area contributed by atoms with Gasteiger partial charge in [-0.05, 0) is 0 Å². The first-order valence-corrected chi connectivity index (χ1v) is 2.74. The Balaban J connectivity index is 2.86. The average Bonchev–Trinajstić information content (AvgIpc) is 1.89. The third kappa shape index (κ3) is 7.62. The fourth-order valence-corrected chi connectivity index (χ4v) is 0.353. The van der Waals surface area contributed by atoms with Gasteiger partial charge < -0.3 is 14.6 Å². The molecule has 0 aliphatic rings. The lowest BCUT2D eigenvalue weighted by atomic mass is 10.5. The number of aliphatic hydroxyl groups excluding tert-OH is 1. The third-order valence-electron chi connectivity index (χ3n) is 0.735. The molecule has 0 radical (unpaired) electrons. The van der Waals surface area contributed by atoms with Gasteiger partial charge in [0, 0.05) is 7.11 Å². The fourth-order valence-electron chi connectivity index (χ4n) is 0.353. The molecule has 0 aromatic heterocycles. The number of rotatable bonds is 5. The van der Waals surface area contributed by atoms with Crippen molar-refractivity contribution in [1.29, 1.82) is 0 Å². The summed E-state index contributed by atoms with van der Waals surface area (Å²) >= 11 is 0. The molecule has 0 saturated carbocycles. The number of aliphatic hydroxyl groups is 1. The highest BCUT2D eigenvalue weighted by Gasteiger charge is 1.74. The van der Waals surface area contributed by atoms with Gasteiger partial charge >= 0.3 is 0 Å². The predicted molar refractivity (Wildman–Crippen MR) is 34.1 cm³/mol. The van der Waals surface area contributed by atoms with E-state index < -0.39 is 0 Å². The first-order valence-electron chi connectivity index (χ1n) is 2.74. The second-order valence-electron chi connectivity index (χ2n) is 1.43. The van der Waals surface area contributed by atoms with Gasteiger partial charge in [-0.15, -0.1) is 0 Å². The molecular weight excluding hydrogens is 120 g/mol. The molecule has 3 nitrogen and oxygen atoms in total. The lowest BCUT2D eigenvalue weighted by Crippen LogP contribution is -1.91. The summed E-state index contributed by atoms with van der Waals surface area (Å²) in [6.07, 6.45) is 3.62. The van der Waals surface area contributed by atoms with Crippen molar-refractivity contribution in [3.05, 3.63) is 12.2 Å². The van der Waals surface area contributed by atoms with Gasteiger partial charge in [0.1, 0.15) is 6.79 Å². The van der Waals surface area contributed by atoms with Crippen LogP contribution in [0, 0.1) is 0 Å². The van der Waals surface area contributed by atoms with E-state index in [1.54, 1.807) is 13.2 Å². The van der Waals surface area contributed by atoms with Gasteiger partial charge in [-0.1, -0.05) is 12.2 Å². The lowest BCUT2D eigenvalue weighted by molar-refractivity contribution is 0.0130. The Labute approximate surface area is 54.9 Å². The van der Waals surface area contributed by atoms with Crippen LogP contribution in [-0.2, 0) is 9.47 Å². The van der Waals surface area contributed by atoms with Crippen LogP contribution in [-0.4, -0.2) is 32.2 Å². The summed E-state index contributed by atoms with van der Waals surface area (Å²) < 4.78 is 9.31. The minimum absolute atomic E-state index is 0.225. The molecule has 0 saturated heterocycles. The standard InChI is InChI=1S/C6H12O3/c1-8-4-2-3-5-9-6-7/h2-3,7H,4-6H2,1H3/b3-2+. The van der Waals surface area contributed by atoms with Crippen molar-refractivity contribution in [2.24, 2.45) is 0 Å². The molecule has 0 bridgehead atoms. The monoisotopic (exact) mass is 132 g/mol. The van der Waals surface area contributed by atoms with E-state index in [0.717, 1.165) is 0 Å². The average molecular weight is 132 g/mol. The zero-order valence-electron chi connectivity index (χ0n) is 5.54. The molecule has 0 rings (SSSR count). The number of hydrogen-bond donors (Lipinski definition) is 1. The Morgan fingerprint density at radius 3 is 2.56 bits per heavy atom. The SMILES string of the molecule is COC/C=C/COCO. The summed E-state index contributed by atoms with van der Waals surface area (Å²) in [7, 11) is 1.62. The smallest absolute Gasteiger partial charge is 0.143 e. The van der Waals surface area contributed by atoms with E-state index >= 15 is 0 Å². The minimum Gasteiger partial charge on any atom is -0.381 e. The molecule has 0 spiro atoms. The molecule has 0 unspecified atom stereocenters. The minimum atomic E-state index is -0.225. The van der Waals surface area contributed by atoms with Crippen LogP contribution >= 0.6 is 0 Å². The summed E-state index contributed by atoms with van der Waals surface area (Å²) in [5.74, 6) is 0. The van der Waals surface area contributed by atoms with Crippen molar-refractivity contribution in [1.82, 2.24) is 0 Å². The summed E-state index contributed by atoms with van der Waals surface area (Å²) in [6, 6.07) is 0. The van der Waals surface area contributed by atoms with E-state index in [2.05, 4.69) is 4.74 Å². The summed E-state index contributed by atoms with van der Waals surface area (Å²) in [6.45, 7) is 0.811. The fraction of sp³-hybridized carbons (Fsp3) is 0.667. The van der Waals surface area contributed by atoms with Gasteiger partial charge in [0.2, 0.25) is 0 Å². The highest BCUT2D eigenvalue weighted by Crippen LogP contribution is 1.76. The van der Waals surface area contributed by atoms with Gasteiger partial charge in [-0.25, -0.2) is 0 Å². The van der Waals surface area contributed by atoms with E-state index in [1.807, 2.05) is 6.08 Å². The summed E-state index contributed by atoms with van der Waals surface area (Å²) in [5, 5.41) is 8.14. The third-order valence-corrected chi connectivity index (χ3v) is 0.735. The van der Waals surface area contributed by atoms with Crippen LogP contribution in [0.2, 0.25) is 0 Å². The van der Waals surface area contributed by atoms with E-state index in [9.17, 15) is 0 Å². The number of hydrogen-bond acceptors (Lipinski definition) is 3. The molecule has 0 aromatic carbocycles. The van der Waals surface area contributed by atoms with Gasteiger partial charge in [0.05, 0.1) is 13.2 Å². The van der Waals surface area contributed by atoms with Crippen molar-refractivity contribution in [3.63, 3.8) is 0 Å². The van der Waals surface area contributed by atoms with E-state index in [4.69, 9.17) is 9.84 Å². The highest BCUT2D eigenvalue weighted by atomic mass is 16.6. The largest absolute Gasteiger partial charge is 0.381 e. The normalized spacial score (nSPS) is 10.9. The van der Waals surface area contributed by atoms with Crippen molar-refractivity contribution in [2.75, 3.05) is 27.1 Å². The van der Waals surface area contributed by atoms with Crippen molar-refractivity contribution < 1.29 is 14.6 Å². The zero-order valence-corrected chi connectivity index (χ0v) is 5.54. The second-order valence-corrected chi connectivity index (χ2v) is 1.43. The van der Waals surface area contributed by atoms with Gasteiger partial charge in [-0.3, -0.25) is 0 Å². The van der Waals surface area contributed by atoms with Crippen molar-refractivity contribution in [2.45, 2.75) is 0 Å². The molecule has 0 aliphatic carbocycles. The molecule has 54 valence electrons. The van der Waals surface area contributed by atoms with E-state index in [1.165, 1.54) is 0 Å². The topological polar surface area (TPSA) is 38.7 Å². The van der Waals surface area contributed by atoms with Crippen LogP contribution in [0.5, 0.6) is 0 Å². The number of ether oxygens (including phenoxy) is 2. The van der Waals surface area contributed by atoms with Crippen LogP contribution in [0.3, 0.4) is 0 Å². The quantitative estimate of drug-likeness (QED) is 0.329. The summed E-state index contributed by atoms with van der Waals surface area (Å²) in [4.78, 5) is 0. The van der Waals surface area contributed by atoms with Gasteiger partial charge in [0.25, 0.3) is 0 Å². The molecular formula is C6H12O3. The molecule has 0 amide bonds. The van der Waals surface area contributed by atoms with E-state index in [-0.39, 0.29) is 6.79 Å². The second kappa shape index (κ2) is 7.62.